The lowest BCUT2D eigenvalue weighted by atomic mass is 10.2. The monoisotopic (exact) mass is 224 g/mol. The Hall–Kier alpha value is -1.13. The number of rotatable bonds is 2. The fraction of sp³-hybridized carbons (Fsp3) is 0.583. The van der Waals surface area contributed by atoms with Gasteiger partial charge in [-0.1, -0.05) is 24.3 Å². The minimum Gasteiger partial charge on any atom is -0.463 e. The van der Waals surface area contributed by atoms with Crippen molar-refractivity contribution >= 4 is 5.97 Å². The second-order valence-electron chi connectivity index (χ2n) is 3.79. The van der Waals surface area contributed by atoms with Crippen molar-refractivity contribution in [3.05, 3.63) is 24.3 Å². The van der Waals surface area contributed by atoms with Gasteiger partial charge in [-0.05, 0) is 6.42 Å². The van der Waals surface area contributed by atoms with Gasteiger partial charge in [-0.2, -0.15) is 0 Å². The van der Waals surface area contributed by atoms with Crippen molar-refractivity contribution in [2.45, 2.75) is 31.7 Å². The van der Waals surface area contributed by atoms with Gasteiger partial charge in [-0.25, -0.2) is 0 Å². The van der Waals surface area contributed by atoms with Gasteiger partial charge in [-0.3, -0.25) is 4.79 Å². The number of hydrogen-bond donors (Lipinski definition) is 0. The van der Waals surface area contributed by atoms with E-state index in [0.29, 0.717) is 19.4 Å². The largest absolute Gasteiger partial charge is 0.463 e. The van der Waals surface area contributed by atoms with E-state index in [1.54, 1.807) is 0 Å². The summed E-state index contributed by atoms with van der Waals surface area (Å²) in [5.41, 5.74) is 0. The number of carbonyl (C=O) groups is 1. The normalized spacial score (nSPS) is 32.6. The molecule has 88 valence electrons. The molecule has 0 spiro atoms. The second kappa shape index (κ2) is 5.82. The highest BCUT2D eigenvalue weighted by Gasteiger charge is 2.18. The topological polar surface area (TPSA) is 44.8 Å². The van der Waals surface area contributed by atoms with Crippen LogP contribution >= 0.6 is 0 Å². The van der Waals surface area contributed by atoms with Crippen molar-refractivity contribution in [1.82, 2.24) is 0 Å². The van der Waals surface area contributed by atoms with Crippen LogP contribution in [0.4, 0.5) is 0 Å². The van der Waals surface area contributed by atoms with Crippen molar-refractivity contribution in [2.75, 3.05) is 13.2 Å². The molecule has 2 aliphatic rings. The Morgan fingerprint density at radius 2 is 2.25 bits per heavy atom. The van der Waals surface area contributed by atoms with E-state index in [-0.39, 0.29) is 25.0 Å². The van der Waals surface area contributed by atoms with Crippen molar-refractivity contribution in [3.8, 4) is 0 Å². The zero-order chi connectivity index (χ0) is 11.2. The predicted molar refractivity (Wildman–Crippen MR) is 57.7 cm³/mol. The molecule has 2 atom stereocenters. The first-order valence-electron chi connectivity index (χ1n) is 5.59. The van der Waals surface area contributed by atoms with E-state index in [4.69, 9.17) is 14.2 Å². The number of carbonyl (C=O) groups excluding carboxylic acids is 1. The summed E-state index contributed by atoms with van der Waals surface area (Å²) >= 11 is 0. The maximum absolute atomic E-state index is 11.1. The van der Waals surface area contributed by atoms with E-state index >= 15 is 0 Å². The minimum absolute atomic E-state index is 0.164. The van der Waals surface area contributed by atoms with Gasteiger partial charge >= 0.3 is 5.97 Å². The molecule has 0 saturated carbocycles. The highest BCUT2D eigenvalue weighted by atomic mass is 16.7. The Kier molecular flexibility index (Phi) is 4.13. The second-order valence-corrected chi connectivity index (χ2v) is 3.79. The Labute approximate surface area is 94.9 Å². The van der Waals surface area contributed by atoms with Crippen LogP contribution in [0.15, 0.2) is 24.3 Å². The molecule has 2 rings (SSSR count). The van der Waals surface area contributed by atoms with E-state index in [1.807, 2.05) is 24.3 Å². The third kappa shape index (κ3) is 3.47. The molecule has 0 radical (unpaired) electrons. The first kappa shape index (κ1) is 11.4. The van der Waals surface area contributed by atoms with Gasteiger partial charge in [0.1, 0.15) is 12.7 Å². The lowest BCUT2D eigenvalue weighted by molar-refractivity contribution is -0.174. The zero-order valence-corrected chi connectivity index (χ0v) is 9.13. The lowest BCUT2D eigenvalue weighted by Crippen LogP contribution is -2.29. The molecule has 1 unspecified atom stereocenters. The SMILES string of the molecule is O=C1CC/C=C\[C@H](OC2CC=CCO2)CO1. The van der Waals surface area contributed by atoms with Gasteiger partial charge in [-0.15, -0.1) is 0 Å². The van der Waals surface area contributed by atoms with Gasteiger partial charge in [0, 0.05) is 12.8 Å². The third-order valence-electron chi connectivity index (χ3n) is 2.47. The molecule has 4 heteroatoms. The Balaban J connectivity index is 1.84. The number of hydrogen-bond acceptors (Lipinski definition) is 4. The minimum atomic E-state index is -0.224. The van der Waals surface area contributed by atoms with Crippen LogP contribution in [0.5, 0.6) is 0 Å². The summed E-state index contributed by atoms with van der Waals surface area (Å²) in [5.74, 6) is -0.164. The molecule has 0 aromatic carbocycles. The molecular formula is C12H16O4. The maximum Gasteiger partial charge on any atom is 0.306 e. The van der Waals surface area contributed by atoms with Crippen molar-refractivity contribution in [2.24, 2.45) is 0 Å². The van der Waals surface area contributed by atoms with Crippen LogP contribution in [0.2, 0.25) is 0 Å². The lowest BCUT2D eigenvalue weighted by Gasteiger charge is -2.24. The summed E-state index contributed by atoms with van der Waals surface area (Å²) in [6.45, 7) is 0.861. The van der Waals surface area contributed by atoms with E-state index in [9.17, 15) is 4.79 Å². The molecule has 2 heterocycles. The maximum atomic E-state index is 11.1. The molecule has 4 nitrogen and oxygen atoms in total. The molecule has 16 heavy (non-hydrogen) atoms. The van der Waals surface area contributed by atoms with Crippen LogP contribution in [-0.4, -0.2) is 31.6 Å². The Morgan fingerprint density at radius 1 is 1.31 bits per heavy atom. The molecule has 0 N–H and O–H groups in total. The smallest absolute Gasteiger partial charge is 0.306 e. The highest BCUT2D eigenvalue weighted by Crippen LogP contribution is 2.13. The summed E-state index contributed by atoms with van der Waals surface area (Å²) in [7, 11) is 0. The van der Waals surface area contributed by atoms with E-state index < -0.39 is 0 Å². The first-order valence-corrected chi connectivity index (χ1v) is 5.59. The molecular weight excluding hydrogens is 208 g/mol. The predicted octanol–water partition coefficient (Wildman–Crippen LogP) is 1.57. The Bertz CT molecular complexity index is 295. The van der Waals surface area contributed by atoms with Gasteiger partial charge in [0.05, 0.1) is 6.61 Å². The number of allylic oxidation sites excluding steroid dienone is 1. The van der Waals surface area contributed by atoms with Crippen LogP contribution < -0.4 is 0 Å². The van der Waals surface area contributed by atoms with Crippen molar-refractivity contribution in [3.63, 3.8) is 0 Å². The fourth-order valence-electron chi connectivity index (χ4n) is 1.63. The van der Waals surface area contributed by atoms with Gasteiger partial charge in [0.15, 0.2) is 6.29 Å². The third-order valence-corrected chi connectivity index (χ3v) is 2.47. The first-order chi connectivity index (χ1) is 7.84. The summed E-state index contributed by atoms with van der Waals surface area (Å²) in [6.07, 6.45) is 9.39. The van der Waals surface area contributed by atoms with Crippen LogP contribution in [0.1, 0.15) is 19.3 Å². The average Bonchev–Trinajstić information content (AvgIpc) is 2.30. The summed E-state index contributed by atoms with van der Waals surface area (Å²) < 4.78 is 16.1. The molecule has 0 aromatic heterocycles. The van der Waals surface area contributed by atoms with Crippen LogP contribution in [0.3, 0.4) is 0 Å². The molecule has 0 aliphatic carbocycles. The fourth-order valence-corrected chi connectivity index (χ4v) is 1.63. The number of ether oxygens (including phenoxy) is 3. The molecule has 0 saturated heterocycles. The van der Waals surface area contributed by atoms with Gasteiger partial charge in [0.2, 0.25) is 0 Å². The summed E-state index contributed by atoms with van der Waals surface area (Å²) in [6, 6.07) is 0. The molecule has 0 aromatic rings. The highest BCUT2D eigenvalue weighted by molar-refractivity contribution is 5.69. The van der Waals surface area contributed by atoms with Crippen molar-refractivity contribution < 1.29 is 19.0 Å². The number of esters is 1. The summed E-state index contributed by atoms with van der Waals surface area (Å²) in [5, 5.41) is 0. The van der Waals surface area contributed by atoms with Crippen molar-refractivity contribution in [1.29, 1.82) is 0 Å². The molecule has 0 bridgehead atoms. The van der Waals surface area contributed by atoms with E-state index in [2.05, 4.69) is 0 Å². The molecule has 0 fully saturated rings. The summed E-state index contributed by atoms with van der Waals surface area (Å²) in [4.78, 5) is 11.1. The van der Waals surface area contributed by atoms with Crippen LogP contribution in [0, 0.1) is 0 Å². The van der Waals surface area contributed by atoms with Gasteiger partial charge < -0.3 is 14.2 Å². The molecule has 0 amide bonds. The quantitative estimate of drug-likeness (QED) is 0.527. The van der Waals surface area contributed by atoms with E-state index in [0.717, 1.165) is 6.42 Å². The zero-order valence-electron chi connectivity index (χ0n) is 9.13. The van der Waals surface area contributed by atoms with Gasteiger partial charge in [0.25, 0.3) is 0 Å². The number of cyclic esters (lactones) is 1. The Morgan fingerprint density at radius 3 is 3.06 bits per heavy atom. The van der Waals surface area contributed by atoms with E-state index in [1.165, 1.54) is 0 Å². The average molecular weight is 224 g/mol. The van der Waals surface area contributed by atoms with Crippen LogP contribution in [-0.2, 0) is 19.0 Å². The standard InChI is InChI=1S/C12H16O4/c13-11-6-2-1-5-10(9-15-11)16-12-7-3-4-8-14-12/h1,3-5,10,12H,2,6-9H2/b5-1-/t10-,12?/m0/s1. The van der Waals surface area contributed by atoms with Crippen LogP contribution in [0.25, 0.3) is 0 Å². The molecule has 2 aliphatic heterocycles.